The molecule has 1 spiro atoms. The highest BCUT2D eigenvalue weighted by Gasteiger charge is 2.45. The molecule has 0 aromatic carbocycles. The number of hydrogen-bond donors (Lipinski definition) is 0. The molecule has 20 heavy (non-hydrogen) atoms. The van der Waals surface area contributed by atoms with Crippen molar-refractivity contribution in [2.45, 2.75) is 37.9 Å². The van der Waals surface area contributed by atoms with E-state index in [-0.39, 0.29) is 17.6 Å². The number of carbonyl (C=O) groups excluding carboxylic acids is 1. The van der Waals surface area contributed by atoms with Gasteiger partial charge in [-0.05, 0) is 18.9 Å². The molecule has 2 saturated heterocycles. The van der Waals surface area contributed by atoms with Crippen LogP contribution in [0.25, 0.3) is 0 Å². The monoisotopic (exact) mass is 276 g/mol. The summed E-state index contributed by atoms with van der Waals surface area (Å²) in [5.41, 5.74) is -0.219. The third-order valence-corrected chi connectivity index (χ3v) is 4.09. The van der Waals surface area contributed by atoms with Crippen LogP contribution in [0.4, 0.5) is 0 Å². The summed E-state index contributed by atoms with van der Waals surface area (Å²) in [4.78, 5) is 17.6. The Labute approximate surface area is 118 Å². The van der Waals surface area contributed by atoms with Crippen LogP contribution in [-0.2, 0) is 9.53 Å². The molecule has 0 N–H and O–H groups in total. The van der Waals surface area contributed by atoms with Crippen LogP contribution in [0, 0.1) is 0 Å². The molecule has 0 saturated carbocycles. The number of piperidine rings is 1. The average molecular weight is 276 g/mol. The van der Waals surface area contributed by atoms with Crippen LogP contribution in [0.1, 0.15) is 26.2 Å². The molecule has 2 atom stereocenters. The van der Waals surface area contributed by atoms with Crippen molar-refractivity contribution in [3.63, 3.8) is 0 Å². The number of nitrogens with zero attached hydrogens (tertiary/aromatic N) is 2. The van der Waals surface area contributed by atoms with E-state index in [2.05, 4.69) is 4.98 Å². The molecule has 2 aliphatic rings. The molecule has 0 unspecified atom stereocenters. The number of amides is 1. The second-order valence-corrected chi connectivity index (χ2v) is 5.65. The van der Waals surface area contributed by atoms with Crippen molar-refractivity contribution < 1.29 is 14.3 Å². The van der Waals surface area contributed by atoms with Gasteiger partial charge in [0.05, 0.1) is 12.2 Å². The van der Waals surface area contributed by atoms with Crippen molar-refractivity contribution >= 4 is 5.91 Å². The Balaban J connectivity index is 1.62. The minimum atomic E-state index is -0.219. The second kappa shape index (κ2) is 5.40. The third kappa shape index (κ3) is 2.77. The maximum atomic E-state index is 11.5. The van der Waals surface area contributed by atoms with E-state index in [1.54, 1.807) is 13.1 Å². The molecular weight excluding hydrogens is 256 g/mol. The van der Waals surface area contributed by atoms with Crippen molar-refractivity contribution in [3.05, 3.63) is 24.4 Å². The molecule has 3 heterocycles. The zero-order valence-corrected chi connectivity index (χ0v) is 11.7. The smallest absolute Gasteiger partial charge is 0.219 e. The maximum Gasteiger partial charge on any atom is 0.219 e. The maximum absolute atomic E-state index is 11.5. The highest BCUT2D eigenvalue weighted by molar-refractivity contribution is 5.73. The van der Waals surface area contributed by atoms with Crippen LogP contribution in [-0.4, -0.2) is 47.2 Å². The third-order valence-electron chi connectivity index (χ3n) is 4.09. The highest BCUT2D eigenvalue weighted by Crippen LogP contribution is 2.35. The Morgan fingerprint density at radius 2 is 2.45 bits per heavy atom. The van der Waals surface area contributed by atoms with E-state index < -0.39 is 0 Å². The largest absolute Gasteiger partial charge is 0.472 e. The molecule has 108 valence electrons. The van der Waals surface area contributed by atoms with Crippen LogP contribution < -0.4 is 4.74 Å². The molecular formula is C15H20N2O3. The summed E-state index contributed by atoms with van der Waals surface area (Å²) >= 11 is 0. The Kier molecular flexibility index (Phi) is 3.61. The van der Waals surface area contributed by atoms with Gasteiger partial charge >= 0.3 is 0 Å². The SMILES string of the molecule is CC(=O)N1CCC[C@@]2(C[C@@H](Oc3ccccn3)CO2)C1. The highest BCUT2D eigenvalue weighted by atomic mass is 16.6. The first-order chi connectivity index (χ1) is 9.67. The Morgan fingerprint density at radius 1 is 1.55 bits per heavy atom. The van der Waals surface area contributed by atoms with Crippen LogP contribution in [0.2, 0.25) is 0 Å². The summed E-state index contributed by atoms with van der Waals surface area (Å²) in [6.45, 7) is 3.72. The molecule has 0 radical (unpaired) electrons. The lowest BCUT2D eigenvalue weighted by Gasteiger charge is -2.39. The van der Waals surface area contributed by atoms with E-state index in [9.17, 15) is 4.79 Å². The molecule has 5 heteroatoms. The van der Waals surface area contributed by atoms with E-state index in [1.807, 2.05) is 23.1 Å². The van der Waals surface area contributed by atoms with Gasteiger partial charge in [0.15, 0.2) is 0 Å². The first-order valence-electron chi connectivity index (χ1n) is 7.14. The van der Waals surface area contributed by atoms with Gasteiger partial charge in [0, 0.05) is 38.7 Å². The number of pyridine rings is 1. The number of carbonyl (C=O) groups is 1. The first kappa shape index (κ1) is 13.4. The summed E-state index contributed by atoms with van der Waals surface area (Å²) in [6.07, 6.45) is 4.57. The van der Waals surface area contributed by atoms with E-state index in [0.717, 1.165) is 25.8 Å². The summed E-state index contributed by atoms with van der Waals surface area (Å²) in [5.74, 6) is 0.763. The molecule has 1 aromatic rings. The number of likely N-dealkylation sites (tertiary alicyclic amines) is 1. The lowest BCUT2D eigenvalue weighted by atomic mass is 9.89. The Bertz CT molecular complexity index is 479. The lowest BCUT2D eigenvalue weighted by molar-refractivity contribution is -0.136. The van der Waals surface area contributed by atoms with E-state index in [0.29, 0.717) is 19.0 Å². The van der Waals surface area contributed by atoms with Gasteiger partial charge in [0.2, 0.25) is 11.8 Å². The first-order valence-corrected chi connectivity index (χ1v) is 7.14. The number of hydrogen-bond acceptors (Lipinski definition) is 4. The van der Waals surface area contributed by atoms with Crippen LogP contribution in [0.3, 0.4) is 0 Å². The van der Waals surface area contributed by atoms with Crippen molar-refractivity contribution in [2.24, 2.45) is 0 Å². The van der Waals surface area contributed by atoms with Gasteiger partial charge in [-0.2, -0.15) is 0 Å². The Hall–Kier alpha value is -1.62. The predicted octanol–water partition coefficient (Wildman–Crippen LogP) is 1.63. The average Bonchev–Trinajstić information content (AvgIpc) is 2.82. The normalized spacial score (nSPS) is 29.6. The Morgan fingerprint density at radius 3 is 3.20 bits per heavy atom. The van der Waals surface area contributed by atoms with Crippen LogP contribution in [0.5, 0.6) is 5.88 Å². The fourth-order valence-electron chi connectivity index (χ4n) is 3.12. The molecule has 3 rings (SSSR count). The van der Waals surface area contributed by atoms with E-state index in [4.69, 9.17) is 9.47 Å². The van der Waals surface area contributed by atoms with Gasteiger partial charge < -0.3 is 14.4 Å². The molecule has 1 amide bonds. The summed E-state index contributed by atoms with van der Waals surface area (Å²) in [5, 5.41) is 0. The molecule has 2 aliphatic heterocycles. The van der Waals surface area contributed by atoms with Crippen LogP contribution >= 0.6 is 0 Å². The van der Waals surface area contributed by atoms with Crippen molar-refractivity contribution in [1.29, 1.82) is 0 Å². The lowest BCUT2D eigenvalue weighted by Crippen LogP contribution is -2.49. The fourth-order valence-corrected chi connectivity index (χ4v) is 3.12. The number of ether oxygens (including phenoxy) is 2. The molecule has 0 aliphatic carbocycles. The standard InChI is InChI=1S/C15H20N2O3/c1-12(18)17-8-4-6-15(11-17)9-13(10-19-15)20-14-5-2-3-7-16-14/h2-3,5,7,13H,4,6,8-11H2,1H3/t13-,15-/m1/s1. The van der Waals surface area contributed by atoms with Gasteiger partial charge in [-0.25, -0.2) is 4.98 Å². The van der Waals surface area contributed by atoms with Crippen molar-refractivity contribution in [3.8, 4) is 5.88 Å². The molecule has 1 aromatic heterocycles. The number of rotatable bonds is 2. The molecule has 0 bridgehead atoms. The van der Waals surface area contributed by atoms with Gasteiger partial charge in [-0.1, -0.05) is 6.07 Å². The minimum absolute atomic E-state index is 0.0248. The second-order valence-electron chi connectivity index (χ2n) is 5.65. The predicted molar refractivity (Wildman–Crippen MR) is 73.4 cm³/mol. The van der Waals surface area contributed by atoms with Gasteiger partial charge in [-0.15, -0.1) is 0 Å². The summed E-state index contributed by atoms with van der Waals surface area (Å²) in [7, 11) is 0. The molecule has 2 fully saturated rings. The van der Waals surface area contributed by atoms with E-state index >= 15 is 0 Å². The zero-order chi connectivity index (χ0) is 14.0. The van der Waals surface area contributed by atoms with Gasteiger partial charge in [-0.3, -0.25) is 4.79 Å². The topological polar surface area (TPSA) is 51.7 Å². The summed E-state index contributed by atoms with van der Waals surface area (Å²) < 4.78 is 11.9. The van der Waals surface area contributed by atoms with E-state index in [1.165, 1.54) is 0 Å². The van der Waals surface area contributed by atoms with Crippen molar-refractivity contribution in [1.82, 2.24) is 9.88 Å². The minimum Gasteiger partial charge on any atom is -0.472 e. The zero-order valence-electron chi connectivity index (χ0n) is 11.7. The summed E-state index contributed by atoms with van der Waals surface area (Å²) in [6, 6.07) is 5.63. The van der Waals surface area contributed by atoms with Crippen LogP contribution in [0.15, 0.2) is 24.4 Å². The van der Waals surface area contributed by atoms with Gasteiger partial charge in [0.1, 0.15) is 6.10 Å². The fraction of sp³-hybridized carbons (Fsp3) is 0.600. The van der Waals surface area contributed by atoms with Crippen molar-refractivity contribution in [2.75, 3.05) is 19.7 Å². The quantitative estimate of drug-likeness (QED) is 0.824. The van der Waals surface area contributed by atoms with Gasteiger partial charge in [0.25, 0.3) is 0 Å². The number of aromatic nitrogens is 1. The molecule has 5 nitrogen and oxygen atoms in total.